The number of aromatic nitrogens is 2. The molecule has 1 unspecified atom stereocenters. The van der Waals surface area contributed by atoms with Crippen LogP contribution in [-0.4, -0.2) is 46.3 Å². The van der Waals surface area contributed by atoms with Gasteiger partial charge >= 0.3 is 0 Å². The van der Waals surface area contributed by atoms with Gasteiger partial charge in [0.25, 0.3) is 0 Å². The summed E-state index contributed by atoms with van der Waals surface area (Å²) in [5.74, 6) is 0.524. The zero-order chi connectivity index (χ0) is 14.5. The number of hydrogen-bond donors (Lipinski definition) is 2. The Morgan fingerprint density at radius 2 is 2.33 bits per heavy atom. The number of aliphatic imine (C=N–C) groups is 1. The Bertz CT molecular complexity index is 470. The van der Waals surface area contributed by atoms with E-state index < -0.39 is 0 Å². The summed E-state index contributed by atoms with van der Waals surface area (Å²) in [6, 6.07) is 0.592. The van der Waals surface area contributed by atoms with Gasteiger partial charge in [-0.05, 0) is 32.9 Å². The van der Waals surface area contributed by atoms with Crippen molar-refractivity contribution in [3.63, 3.8) is 0 Å². The van der Waals surface area contributed by atoms with Crippen molar-refractivity contribution >= 4 is 29.9 Å². The van der Waals surface area contributed by atoms with E-state index >= 15 is 0 Å². The number of nitrogens with one attached hydrogen (secondary N) is 1. The Morgan fingerprint density at radius 3 is 2.95 bits per heavy atom. The third-order valence-corrected chi connectivity index (χ3v) is 4.18. The topological polar surface area (TPSA) is 71.5 Å². The molecule has 0 aromatic carbocycles. The summed E-state index contributed by atoms with van der Waals surface area (Å²) < 4.78 is 1.85. The van der Waals surface area contributed by atoms with Crippen LogP contribution in [0.15, 0.2) is 11.2 Å². The highest BCUT2D eigenvalue weighted by atomic mass is 127. The summed E-state index contributed by atoms with van der Waals surface area (Å²) in [5, 5.41) is 7.45. The van der Waals surface area contributed by atoms with Crippen molar-refractivity contribution in [2.24, 2.45) is 17.8 Å². The van der Waals surface area contributed by atoms with Crippen molar-refractivity contribution in [3.8, 4) is 0 Å². The Hall–Kier alpha value is -0.830. The van der Waals surface area contributed by atoms with Crippen LogP contribution in [0.4, 0.5) is 0 Å². The van der Waals surface area contributed by atoms with Crippen LogP contribution in [0, 0.1) is 6.92 Å². The highest BCUT2D eigenvalue weighted by Gasteiger charge is 2.22. The van der Waals surface area contributed by atoms with Crippen molar-refractivity contribution < 1.29 is 0 Å². The van der Waals surface area contributed by atoms with Crippen LogP contribution < -0.4 is 11.1 Å². The van der Waals surface area contributed by atoms with Crippen molar-refractivity contribution in [1.82, 2.24) is 20.0 Å². The second-order valence-corrected chi connectivity index (χ2v) is 5.39. The molecule has 2 heterocycles. The SMILES string of the molecule is CCN1CCCC1CNC(N)=NCc1cnn(C)c1C.I. The van der Waals surface area contributed by atoms with Gasteiger partial charge in [-0.1, -0.05) is 6.92 Å². The second-order valence-electron chi connectivity index (χ2n) is 5.39. The molecule has 1 fully saturated rings. The molecule has 1 atom stereocenters. The minimum absolute atomic E-state index is 0. The number of hydrogen-bond acceptors (Lipinski definition) is 3. The summed E-state index contributed by atoms with van der Waals surface area (Å²) in [7, 11) is 1.93. The minimum atomic E-state index is 0. The molecular weight excluding hydrogens is 379 g/mol. The summed E-state index contributed by atoms with van der Waals surface area (Å²) >= 11 is 0. The molecule has 0 saturated carbocycles. The predicted octanol–water partition coefficient (Wildman–Crippen LogP) is 1.24. The lowest BCUT2D eigenvalue weighted by Gasteiger charge is -2.23. The van der Waals surface area contributed by atoms with E-state index in [4.69, 9.17) is 5.73 Å². The molecule has 7 heteroatoms. The number of aryl methyl sites for hydroxylation is 1. The fraction of sp³-hybridized carbons (Fsp3) is 0.714. The molecule has 0 aliphatic carbocycles. The first-order valence-corrected chi connectivity index (χ1v) is 7.37. The van der Waals surface area contributed by atoms with E-state index in [1.165, 1.54) is 19.4 Å². The molecule has 1 aromatic heterocycles. The Labute approximate surface area is 144 Å². The molecule has 120 valence electrons. The van der Waals surface area contributed by atoms with Gasteiger partial charge in [0.05, 0.1) is 12.7 Å². The molecule has 21 heavy (non-hydrogen) atoms. The normalized spacial score (nSPS) is 19.6. The van der Waals surface area contributed by atoms with Gasteiger partial charge in [0.15, 0.2) is 5.96 Å². The third-order valence-electron chi connectivity index (χ3n) is 4.18. The van der Waals surface area contributed by atoms with Gasteiger partial charge < -0.3 is 11.1 Å². The molecule has 0 bridgehead atoms. The van der Waals surface area contributed by atoms with Crippen LogP contribution in [-0.2, 0) is 13.6 Å². The number of nitrogens with two attached hydrogens (primary N) is 1. The van der Waals surface area contributed by atoms with E-state index in [-0.39, 0.29) is 24.0 Å². The molecule has 0 radical (unpaired) electrons. The summed E-state index contributed by atoms with van der Waals surface area (Å²) in [6.45, 7) is 8.03. The van der Waals surface area contributed by atoms with Crippen LogP contribution in [0.3, 0.4) is 0 Å². The first kappa shape index (κ1) is 18.2. The van der Waals surface area contributed by atoms with Crippen LogP contribution in [0.5, 0.6) is 0 Å². The predicted molar refractivity (Wildman–Crippen MR) is 97.0 cm³/mol. The molecule has 0 spiro atoms. The van der Waals surface area contributed by atoms with Gasteiger partial charge in [-0.3, -0.25) is 9.58 Å². The molecular formula is C14H27IN6. The van der Waals surface area contributed by atoms with Crippen molar-refractivity contribution in [2.45, 2.75) is 39.3 Å². The zero-order valence-corrected chi connectivity index (χ0v) is 15.5. The average Bonchev–Trinajstić information content (AvgIpc) is 3.02. The molecule has 1 aliphatic rings. The van der Waals surface area contributed by atoms with E-state index in [9.17, 15) is 0 Å². The fourth-order valence-electron chi connectivity index (χ4n) is 2.69. The van der Waals surface area contributed by atoms with E-state index in [1.54, 1.807) is 0 Å². The van der Waals surface area contributed by atoms with Crippen molar-refractivity contribution in [2.75, 3.05) is 19.6 Å². The lowest BCUT2D eigenvalue weighted by Crippen LogP contribution is -2.42. The Kier molecular flexibility index (Phi) is 7.44. The summed E-state index contributed by atoms with van der Waals surface area (Å²) in [4.78, 5) is 6.88. The van der Waals surface area contributed by atoms with Crippen LogP contribution in [0.25, 0.3) is 0 Å². The first-order chi connectivity index (χ1) is 9.61. The minimum Gasteiger partial charge on any atom is -0.370 e. The number of likely N-dealkylation sites (tertiary alicyclic amines) is 1. The summed E-state index contributed by atoms with van der Waals surface area (Å²) in [5.41, 5.74) is 8.19. The fourth-order valence-corrected chi connectivity index (χ4v) is 2.69. The third kappa shape index (κ3) is 4.84. The van der Waals surface area contributed by atoms with Crippen molar-refractivity contribution in [3.05, 3.63) is 17.5 Å². The van der Waals surface area contributed by atoms with E-state index in [2.05, 4.69) is 27.2 Å². The van der Waals surface area contributed by atoms with Crippen molar-refractivity contribution in [1.29, 1.82) is 0 Å². The molecule has 1 aliphatic heterocycles. The number of halogens is 1. The second kappa shape index (κ2) is 8.57. The number of likely N-dealkylation sites (N-methyl/N-ethyl adjacent to an activating group) is 1. The highest BCUT2D eigenvalue weighted by Crippen LogP contribution is 2.15. The Morgan fingerprint density at radius 1 is 1.57 bits per heavy atom. The smallest absolute Gasteiger partial charge is 0.188 e. The van der Waals surface area contributed by atoms with Gasteiger partial charge in [-0.15, -0.1) is 24.0 Å². The molecule has 0 amide bonds. The van der Waals surface area contributed by atoms with Gasteiger partial charge in [0.2, 0.25) is 0 Å². The number of rotatable bonds is 5. The van der Waals surface area contributed by atoms with E-state index in [1.807, 2.05) is 24.9 Å². The maximum absolute atomic E-state index is 5.94. The Balaban J connectivity index is 0.00000220. The molecule has 3 N–H and O–H groups in total. The zero-order valence-electron chi connectivity index (χ0n) is 13.2. The average molecular weight is 406 g/mol. The monoisotopic (exact) mass is 406 g/mol. The quantitative estimate of drug-likeness (QED) is 0.439. The lowest BCUT2D eigenvalue weighted by molar-refractivity contribution is 0.267. The first-order valence-electron chi connectivity index (χ1n) is 7.37. The molecule has 1 aromatic rings. The molecule has 2 rings (SSSR count). The van der Waals surface area contributed by atoms with E-state index in [0.717, 1.165) is 24.3 Å². The maximum atomic E-state index is 5.94. The van der Waals surface area contributed by atoms with Gasteiger partial charge in [0, 0.05) is 30.9 Å². The number of nitrogens with zero attached hydrogens (tertiary/aromatic N) is 4. The van der Waals surface area contributed by atoms with Gasteiger partial charge in [0.1, 0.15) is 0 Å². The largest absolute Gasteiger partial charge is 0.370 e. The standard InChI is InChI=1S/C14H26N6.HI/c1-4-20-7-5-6-13(20)10-17-14(15)16-8-12-9-18-19(3)11(12)2;/h9,13H,4-8,10H2,1-3H3,(H3,15,16,17);1H. The summed E-state index contributed by atoms with van der Waals surface area (Å²) in [6.07, 6.45) is 4.38. The van der Waals surface area contributed by atoms with Crippen LogP contribution >= 0.6 is 24.0 Å². The van der Waals surface area contributed by atoms with Gasteiger partial charge in [-0.2, -0.15) is 5.10 Å². The maximum Gasteiger partial charge on any atom is 0.188 e. The molecule has 6 nitrogen and oxygen atoms in total. The van der Waals surface area contributed by atoms with Gasteiger partial charge in [-0.25, -0.2) is 4.99 Å². The van der Waals surface area contributed by atoms with Crippen LogP contribution in [0.1, 0.15) is 31.0 Å². The van der Waals surface area contributed by atoms with Crippen LogP contribution in [0.2, 0.25) is 0 Å². The molecule has 1 saturated heterocycles. The van der Waals surface area contributed by atoms with E-state index in [0.29, 0.717) is 18.5 Å². The lowest BCUT2D eigenvalue weighted by atomic mass is 10.2. The highest BCUT2D eigenvalue weighted by molar-refractivity contribution is 14.0. The number of guanidine groups is 1.